The van der Waals surface area contributed by atoms with E-state index in [1.807, 2.05) is 4.90 Å². The molecule has 3 heterocycles. The fourth-order valence-corrected chi connectivity index (χ4v) is 3.20. The Balaban J connectivity index is 1.39. The van der Waals surface area contributed by atoms with Gasteiger partial charge < -0.3 is 13.8 Å². The van der Waals surface area contributed by atoms with E-state index < -0.39 is 0 Å². The van der Waals surface area contributed by atoms with Crippen molar-refractivity contribution in [2.24, 2.45) is 0 Å². The minimum atomic E-state index is -0.0609. The van der Waals surface area contributed by atoms with Crippen molar-refractivity contribution in [3.63, 3.8) is 0 Å². The van der Waals surface area contributed by atoms with Crippen LogP contribution in [0.25, 0.3) is 0 Å². The summed E-state index contributed by atoms with van der Waals surface area (Å²) in [6.45, 7) is 2.56. The molecular weight excluding hydrogens is 296 g/mol. The van der Waals surface area contributed by atoms with Gasteiger partial charge in [0.05, 0.1) is 5.69 Å². The third-order valence-electron chi connectivity index (χ3n) is 4.69. The van der Waals surface area contributed by atoms with Gasteiger partial charge in [-0.1, -0.05) is 5.16 Å². The zero-order chi connectivity index (χ0) is 15.8. The van der Waals surface area contributed by atoms with E-state index in [0.29, 0.717) is 17.4 Å². The molecule has 1 atom stereocenters. The molecule has 0 spiro atoms. The Labute approximate surface area is 134 Å². The van der Waals surface area contributed by atoms with Gasteiger partial charge in [0.15, 0.2) is 12.2 Å². The molecule has 2 aromatic heterocycles. The van der Waals surface area contributed by atoms with Crippen LogP contribution in [-0.4, -0.2) is 38.5 Å². The lowest BCUT2D eigenvalue weighted by Gasteiger charge is -2.23. The number of carbonyl (C=O) groups excluding carboxylic acids is 1. The van der Waals surface area contributed by atoms with Gasteiger partial charge in [0.1, 0.15) is 0 Å². The molecule has 7 nitrogen and oxygen atoms in total. The molecule has 122 valence electrons. The number of carbonyl (C=O) groups is 1. The van der Waals surface area contributed by atoms with Crippen LogP contribution in [0.5, 0.6) is 0 Å². The van der Waals surface area contributed by atoms with Crippen LogP contribution in [-0.2, 0) is 6.42 Å². The van der Waals surface area contributed by atoms with Crippen molar-refractivity contribution >= 4 is 5.91 Å². The number of hydrogen-bond donors (Lipinski definition) is 0. The van der Waals surface area contributed by atoms with Crippen molar-refractivity contribution in [1.82, 2.24) is 20.0 Å². The second-order valence-electron chi connectivity index (χ2n) is 6.42. The summed E-state index contributed by atoms with van der Waals surface area (Å²) in [7, 11) is 0. The lowest BCUT2D eigenvalue weighted by Crippen LogP contribution is -2.36. The van der Waals surface area contributed by atoms with Gasteiger partial charge in [-0.2, -0.15) is 4.98 Å². The molecule has 1 aliphatic heterocycles. The van der Waals surface area contributed by atoms with E-state index in [1.54, 1.807) is 6.92 Å². The Morgan fingerprint density at radius 3 is 3.00 bits per heavy atom. The second-order valence-corrected chi connectivity index (χ2v) is 6.42. The Hall–Kier alpha value is -2.18. The van der Waals surface area contributed by atoms with E-state index in [9.17, 15) is 4.79 Å². The number of hydrogen-bond acceptors (Lipinski definition) is 6. The van der Waals surface area contributed by atoms with Crippen molar-refractivity contribution in [3.8, 4) is 0 Å². The summed E-state index contributed by atoms with van der Waals surface area (Å²) in [6, 6.07) is 0.204. The molecule has 7 heteroatoms. The number of oxazole rings is 1. The van der Waals surface area contributed by atoms with Crippen molar-refractivity contribution in [3.05, 3.63) is 29.6 Å². The van der Waals surface area contributed by atoms with Crippen LogP contribution in [0.2, 0.25) is 0 Å². The summed E-state index contributed by atoms with van der Waals surface area (Å²) in [5, 5.41) is 4.05. The molecule has 0 bridgehead atoms. The van der Waals surface area contributed by atoms with E-state index in [4.69, 9.17) is 8.94 Å². The van der Waals surface area contributed by atoms with Crippen LogP contribution in [0.3, 0.4) is 0 Å². The molecule has 1 saturated carbocycles. The third kappa shape index (κ3) is 2.87. The summed E-state index contributed by atoms with van der Waals surface area (Å²) >= 11 is 0. The Bertz CT molecular complexity index is 704. The molecule has 1 saturated heterocycles. The SMILES string of the molecule is Cc1ncoc1C(=O)N1CCCC1CCc1noc(C2CC2)n1. The van der Waals surface area contributed by atoms with Crippen molar-refractivity contribution in [1.29, 1.82) is 0 Å². The van der Waals surface area contributed by atoms with E-state index in [1.165, 1.54) is 6.39 Å². The van der Waals surface area contributed by atoms with Crippen LogP contribution in [0, 0.1) is 6.92 Å². The lowest BCUT2D eigenvalue weighted by atomic mass is 10.1. The molecule has 1 aliphatic carbocycles. The summed E-state index contributed by atoms with van der Waals surface area (Å²) < 4.78 is 10.5. The molecule has 1 amide bonds. The van der Waals surface area contributed by atoms with Crippen LogP contribution in [0.15, 0.2) is 15.3 Å². The Morgan fingerprint density at radius 2 is 2.26 bits per heavy atom. The van der Waals surface area contributed by atoms with Crippen LogP contribution >= 0.6 is 0 Å². The van der Waals surface area contributed by atoms with E-state index in [2.05, 4.69) is 15.1 Å². The summed E-state index contributed by atoms with van der Waals surface area (Å²) in [4.78, 5) is 23.0. The fourth-order valence-electron chi connectivity index (χ4n) is 3.20. The normalized spacial score (nSPS) is 21.1. The molecule has 2 fully saturated rings. The standard InChI is InChI=1S/C16H20N4O3/c1-10-14(22-9-17-10)16(21)20-8-2-3-12(20)6-7-13-18-15(23-19-13)11-4-5-11/h9,11-12H,2-8H2,1H3. The molecule has 0 N–H and O–H groups in total. The quantitative estimate of drug-likeness (QED) is 0.842. The highest BCUT2D eigenvalue weighted by Gasteiger charge is 2.33. The predicted molar refractivity (Wildman–Crippen MR) is 79.9 cm³/mol. The predicted octanol–water partition coefficient (Wildman–Crippen LogP) is 2.48. The summed E-state index contributed by atoms with van der Waals surface area (Å²) in [5.74, 6) is 2.30. The number of aryl methyl sites for hydroxylation is 2. The van der Waals surface area contributed by atoms with Gasteiger partial charge in [0.25, 0.3) is 5.91 Å². The summed E-state index contributed by atoms with van der Waals surface area (Å²) in [6.07, 6.45) is 7.25. The Kier molecular flexibility index (Phi) is 3.63. The number of amides is 1. The minimum Gasteiger partial charge on any atom is -0.438 e. The van der Waals surface area contributed by atoms with Gasteiger partial charge in [-0.05, 0) is 39.0 Å². The first-order chi connectivity index (χ1) is 11.2. The fraction of sp³-hybridized carbons (Fsp3) is 0.625. The average molecular weight is 316 g/mol. The first kappa shape index (κ1) is 14.4. The maximum Gasteiger partial charge on any atom is 0.291 e. The van der Waals surface area contributed by atoms with Crippen molar-refractivity contribution in [2.75, 3.05) is 6.54 Å². The molecule has 1 unspecified atom stereocenters. The second kappa shape index (κ2) is 5.79. The van der Waals surface area contributed by atoms with Crippen molar-refractivity contribution < 1.29 is 13.7 Å². The average Bonchev–Trinajstić information content (AvgIpc) is 2.97. The molecule has 0 radical (unpaired) electrons. The van der Waals surface area contributed by atoms with Gasteiger partial charge >= 0.3 is 0 Å². The highest BCUT2D eigenvalue weighted by atomic mass is 16.5. The molecule has 23 heavy (non-hydrogen) atoms. The molecule has 4 rings (SSSR count). The Morgan fingerprint density at radius 1 is 1.39 bits per heavy atom. The van der Waals surface area contributed by atoms with Gasteiger partial charge in [0, 0.05) is 24.9 Å². The van der Waals surface area contributed by atoms with E-state index in [-0.39, 0.29) is 11.9 Å². The molecular formula is C16H20N4O3. The van der Waals surface area contributed by atoms with Gasteiger partial charge in [-0.3, -0.25) is 4.79 Å². The van der Waals surface area contributed by atoms with Gasteiger partial charge in [0.2, 0.25) is 11.7 Å². The van der Waals surface area contributed by atoms with E-state index in [0.717, 1.165) is 56.8 Å². The highest BCUT2D eigenvalue weighted by molar-refractivity contribution is 5.92. The molecule has 2 aliphatic rings. The maximum atomic E-state index is 12.6. The van der Waals surface area contributed by atoms with Gasteiger partial charge in [-0.15, -0.1) is 0 Å². The highest BCUT2D eigenvalue weighted by Crippen LogP contribution is 2.38. The van der Waals surface area contributed by atoms with Crippen LogP contribution in [0.1, 0.15) is 66.0 Å². The zero-order valence-electron chi connectivity index (χ0n) is 13.2. The number of rotatable bonds is 5. The smallest absolute Gasteiger partial charge is 0.291 e. The molecule has 2 aromatic rings. The van der Waals surface area contributed by atoms with Gasteiger partial charge in [-0.25, -0.2) is 4.98 Å². The first-order valence-corrected chi connectivity index (χ1v) is 8.26. The third-order valence-corrected chi connectivity index (χ3v) is 4.69. The maximum absolute atomic E-state index is 12.6. The van der Waals surface area contributed by atoms with Crippen molar-refractivity contribution in [2.45, 2.75) is 57.4 Å². The van der Waals surface area contributed by atoms with Crippen LogP contribution in [0.4, 0.5) is 0 Å². The first-order valence-electron chi connectivity index (χ1n) is 8.26. The van der Waals surface area contributed by atoms with E-state index >= 15 is 0 Å². The number of aromatic nitrogens is 3. The largest absolute Gasteiger partial charge is 0.438 e. The summed E-state index contributed by atoms with van der Waals surface area (Å²) in [5.41, 5.74) is 0.646. The zero-order valence-corrected chi connectivity index (χ0v) is 13.2. The minimum absolute atomic E-state index is 0.0609. The van der Waals surface area contributed by atoms with Crippen LogP contribution < -0.4 is 0 Å². The lowest BCUT2D eigenvalue weighted by molar-refractivity contribution is 0.0697. The number of likely N-dealkylation sites (tertiary alicyclic amines) is 1. The molecule has 0 aromatic carbocycles. The topological polar surface area (TPSA) is 85.3 Å². The number of nitrogens with zero attached hydrogens (tertiary/aromatic N) is 4. The monoisotopic (exact) mass is 316 g/mol.